The van der Waals surface area contributed by atoms with E-state index in [-0.39, 0.29) is 0 Å². The smallest absolute Gasteiger partial charge is 0.200 e. The number of benzene rings is 1. The second-order valence-corrected chi connectivity index (χ2v) is 4.22. The van der Waals surface area contributed by atoms with Gasteiger partial charge >= 0.3 is 0 Å². The second kappa shape index (κ2) is 5.01. The maximum Gasteiger partial charge on any atom is 0.200 e. The third kappa shape index (κ3) is 2.37. The van der Waals surface area contributed by atoms with Crippen LogP contribution in [-0.2, 0) is 13.0 Å². The molecule has 0 atom stereocenters. The fourth-order valence-corrected chi connectivity index (χ4v) is 2.00. The van der Waals surface area contributed by atoms with Gasteiger partial charge in [0.1, 0.15) is 5.82 Å². The van der Waals surface area contributed by atoms with Crippen molar-refractivity contribution in [2.24, 2.45) is 0 Å². The zero-order chi connectivity index (χ0) is 13.1. The van der Waals surface area contributed by atoms with Crippen molar-refractivity contribution in [3.05, 3.63) is 47.5 Å². The fraction of sp³-hybridized carbons (Fsp3) is 0.231. The number of aryl methyl sites for hydroxylation is 1. The van der Waals surface area contributed by atoms with Crippen LogP contribution in [0, 0.1) is 0 Å². The van der Waals surface area contributed by atoms with E-state index in [0.29, 0.717) is 5.65 Å². The topological polar surface area (TPSA) is 68.0 Å². The molecular formula is C13H14N6. The van der Waals surface area contributed by atoms with Gasteiger partial charge in [-0.05, 0) is 40.1 Å². The molecule has 2 heterocycles. The summed E-state index contributed by atoms with van der Waals surface area (Å²) in [5.41, 5.74) is 3.27. The van der Waals surface area contributed by atoms with Gasteiger partial charge in [-0.3, -0.25) is 0 Å². The van der Waals surface area contributed by atoms with Gasteiger partial charge in [-0.1, -0.05) is 31.2 Å². The molecule has 19 heavy (non-hydrogen) atoms. The van der Waals surface area contributed by atoms with Crippen molar-refractivity contribution in [3.63, 3.8) is 0 Å². The van der Waals surface area contributed by atoms with Crippen molar-refractivity contribution >= 4 is 11.5 Å². The summed E-state index contributed by atoms with van der Waals surface area (Å²) < 4.78 is 1.41. The van der Waals surface area contributed by atoms with Crippen LogP contribution in [0.15, 0.2) is 36.4 Å². The van der Waals surface area contributed by atoms with Crippen LogP contribution in [0.2, 0.25) is 0 Å². The zero-order valence-corrected chi connectivity index (χ0v) is 10.6. The van der Waals surface area contributed by atoms with Crippen LogP contribution in [0.4, 0.5) is 5.82 Å². The fourth-order valence-electron chi connectivity index (χ4n) is 2.00. The van der Waals surface area contributed by atoms with Crippen LogP contribution in [0.5, 0.6) is 0 Å². The van der Waals surface area contributed by atoms with Gasteiger partial charge in [0.25, 0.3) is 0 Å². The van der Waals surface area contributed by atoms with E-state index in [1.807, 2.05) is 18.2 Å². The highest BCUT2D eigenvalue weighted by Gasteiger charge is 2.02. The van der Waals surface area contributed by atoms with Crippen molar-refractivity contribution in [1.29, 1.82) is 0 Å². The molecule has 3 rings (SSSR count). The Morgan fingerprint density at radius 3 is 2.79 bits per heavy atom. The Hall–Kier alpha value is -2.50. The molecule has 0 aliphatic rings. The molecule has 1 N–H and O–H groups in total. The lowest BCUT2D eigenvalue weighted by Gasteiger charge is -2.09. The molecule has 0 spiro atoms. The Bertz CT molecular complexity index is 690. The van der Waals surface area contributed by atoms with Gasteiger partial charge in [0, 0.05) is 6.54 Å². The van der Waals surface area contributed by atoms with E-state index in [1.165, 1.54) is 15.8 Å². The average Bonchev–Trinajstić information content (AvgIpc) is 2.93. The minimum absolute atomic E-state index is 0.638. The highest BCUT2D eigenvalue weighted by Crippen LogP contribution is 2.12. The van der Waals surface area contributed by atoms with Crippen LogP contribution in [0.25, 0.3) is 5.65 Å². The van der Waals surface area contributed by atoms with Crippen LogP contribution in [-0.4, -0.2) is 25.3 Å². The molecule has 6 nitrogen and oxygen atoms in total. The number of anilines is 1. The third-order valence-corrected chi connectivity index (χ3v) is 3.03. The summed E-state index contributed by atoms with van der Waals surface area (Å²) in [6, 6.07) is 12.1. The minimum atomic E-state index is 0.638. The van der Waals surface area contributed by atoms with Crippen LogP contribution in [0.3, 0.4) is 0 Å². The summed E-state index contributed by atoms with van der Waals surface area (Å²) in [5, 5.41) is 18.7. The Morgan fingerprint density at radius 2 is 1.95 bits per heavy atom. The van der Waals surface area contributed by atoms with Gasteiger partial charge in [0.15, 0.2) is 5.65 Å². The van der Waals surface area contributed by atoms with Gasteiger partial charge in [-0.25, -0.2) is 0 Å². The quantitative estimate of drug-likeness (QED) is 0.767. The standard InChI is InChI=1S/C13H14N6/c1-2-10-5-3-4-6-11(10)9-14-12-7-8-13-15-17-18-19(13)16-12/h3-8H,2,9H2,1H3,(H,14,16). The largest absolute Gasteiger partial charge is 0.364 e. The first kappa shape index (κ1) is 11.6. The monoisotopic (exact) mass is 254 g/mol. The van der Waals surface area contributed by atoms with Gasteiger partial charge in [-0.2, -0.15) is 0 Å². The number of fused-ring (bicyclic) bond motifs is 1. The lowest BCUT2D eigenvalue weighted by molar-refractivity contribution is 0.734. The van der Waals surface area contributed by atoms with Gasteiger partial charge in [0.2, 0.25) is 0 Å². The van der Waals surface area contributed by atoms with E-state index in [9.17, 15) is 0 Å². The number of rotatable bonds is 4. The molecule has 3 aromatic rings. The molecule has 0 saturated heterocycles. The maximum atomic E-state index is 4.28. The molecule has 2 aromatic heterocycles. The Balaban J connectivity index is 1.78. The van der Waals surface area contributed by atoms with Crippen LogP contribution < -0.4 is 5.32 Å². The highest BCUT2D eigenvalue weighted by molar-refractivity contribution is 5.43. The predicted molar refractivity (Wildman–Crippen MR) is 71.7 cm³/mol. The van der Waals surface area contributed by atoms with Crippen LogP contribution >= 0.6 is 0 Å². The SMILES string of the molecule is CCc1ccccc1CNc1ccc2nnnn2n1. The van der Waals surface area contributed by atoms with Crippen molar-refractivity contribution in [1.82, 2.24) is 25.3 Å². The van der Waals surface area contributed by atoms with Gasteiger partial charge < -0.3 is 5.32 Å². The summed E-state index contributed by atoms with van der Waals surface area (Å²) in [6.07, 6.45) is 1.03. The molecule has 0 amide bonds. The first-order valence-corrected chi connectivity index (χ1v) is 6.23. The van der Waals surface area contributed by atoms with E-state index in [2.05, 4.69) is 51.1 Å². The summed E-state index contributed by atoms with van der Waals surface area (Å²) in [4.78, 5) is 0. The zero-order valence-electron chi connectivity index (χ0n) is 10.6. The molecule has 0 aliphatic heterocycles. The molecule has 0 aliphatic carbocycles. The predicted octanol–water partition coefficient (Wildman–Crippen LogP) is 1.69. The van der Waals surface area contributed by atoms with Crippen molar-refractivity contribution in [3.8, 4) is 0 Å². The number of hydrogen-bond acceptors (Lipinski definition) is 5. The minimum Gasteiger partial charge on any atom is -0.364 e. The molecular weight excluding hydrogens is 240 g/mol. The molecule has 96 valence electrons. The Morgan fingerprint density at radius 1 is 1.11 bits per heavy atom. The molecule has 0 radical (unpaired) electrons. The number of hydrogen-bond donors (Lipinski definition) is 1. The van der Waals surface area contributed by atoms with Crippen LogP contribution in [0.1, 0.15) is 18.1 Å². The Kier molecular flexibility index (Phi) is 3.06. The number of nitrogens with zero attached hydrogens (tertiary/aromatic N) is 5. The first-order valence-electron chi connectivity index (χ1n) is 6.23. The van der Waals surface area contributed by atoms with Crippen molar-refractivity contribution in [2.45, 2.75) is 19.9 Å². The van der Waals surface area contributed by atoms with E-state index < -0.39 is 0 Å². The summed E-state index contributed by atoms with van der Waals surface area (Å²) >= 11 is 0. The normalized spacial score (nSPS) is 10.8. The van der Waals surface area contributed by atoms with E-state index in [1.54, 1.807) is 0 Å². The van der Waals surface area contributed by atoms with E-state index in [0.717, 1.165) is 18.8 Å². The number of aromatic nitrogens is 5. The molecule has 1 aromatic carbocycles. The lowest BCUT2D eigenvalue weighted by Crippen LogP contribution is -2.06. The van der Waals surface area contributed by atoms with Gasteiger partial charge in [-0.15, -0.1) is 14.8 Å². The van der Waals surface area contributed by atoms with E-state index >= 15 is 0 Å². The van der Waals surface area contributed by atoms with E-state index in [4.69, 9.17) is 0 Å². The molecule has 0 fully saturated rings. The summed E-state index contributed by atoms with van der Waals surface area (Å²) in [5.74, 6) is 0.755. The number of nitrogens with one attached hydrogen (secondary N) is 1. The van der Waals surface area contributed by atoms with Crippen molar-refractivity contribution in [2.75, 3.05) is 5.32 Å². The molecule has 0 saturated carbocycles. The molecule has 0 bridgehead atoms. The molecule has 0 unspecified atom stereocenters. The van der Waals surface area contributed by atoms with Gasteiger partial charge in [0.05, 0.1) is 0 Å². The first-order chi connectivity index (χ1) is 9.36. The average molecular weight is 254 g/mol. The lowest BCUT2D eigenvalue weighted by atomic mass is 10.1. The number of tetrazole rings is 1. The summed E-state index contributed by atoms with van der Waals surface area (Å²) in [7, 11) is 0. The molecule has 6 heteroatoms. The highest BCUT2D eigenvalue weighted by atomic mass is 15.6. The third-order valence-electron chi connectivity index (χ3n) is 3.03. The maximum absolute atomic E-state index is 4.28. The second-order valence-electron chi connectivity index (χ2n) is 4.22. The van der Waals surface area contributed by atoms with Crippen molar-refractivity contribution < 1.29 is 0 Å². The summed E-state index contributed by atoms with van der Waals surface area (Å²) in [6.45, 7) is 2.90. The Labute approximate surface area is 110 Å².